The van der Waals surface area contributed by atoms with Gasteiger partial charge in [-0.3, -0.25) is 0 Å². The summed E-state index contributed by atoms with van der Waals surface area (Å²) in [4.78, 5) is 0. The van der Waals surface area contributed by atoms with Crippen LogP contribution < -0.4 is 0 Å². The van der Waals surface area contributed by atoms with E-state index in [0.717, 1.165) is 25.7 Å². The lowest BCUT2D eigenvalue weighted by molar-refractivity contribution is 0.300. The van der Waals surface area contributed by atoms with Crippen molar-refractivity contribution >= 4 is 21.6 Å². The summed E-state index contributed by atoms with van der Waals surface area (Å²) in [6.07, 6.45) is 3.68. The average Bonchev–Trinajstić information content (AvgIpc) is 3.05. The molecule has 2 heterocycles. The molecule has 1 aliphatic heterocycles. The maximum Gasteiger partial charge on any atom is 0.284 e. The predicted octanol–water partition coefficient (Wildman–Crippen LogP) is 3.01. The molecule has 1 saturated heterocycles. The lowest BCUT2D eigenvalue weighted by atomic mass is 10.0. The fourth-order valence-corrected chi connectivity index (χ4v) is 5.28. The number of halogens is 1. The fraction of sp³-hybridized carbons (Fsp3) is 0.769. The summed E-state index contributed by atoms with van der Waals surface area (Å²) in [5.74, 6) is 0.633. The second kappa shape index (κ2) is 5.00. The Balaban J connectivity index is 1.95. The molecule has 0 N–H and O–H groups in total. The molecule has 0 amide bonds. The highest BCUT2D eigenvalue weighted by atomic mass is 35.5. The molecular weight excluding hydrogens is 300 g/mol. The van der Waals surface area contributed by atoms with E-state index in [2.05, 4.69) is 12.1 Å². The minimum absolute atomic E-state index is 0.0190. The van der Waals surface area contributed by atoms with Crippen molar-refractivity contribution in [1.82, 2.24) is 9.46 Å². The molecule has 2 unspecified atom stereocenters. The molecule has 2 aliphatic rings. The summed E-state index contributed by atoms with van der Waals surface area (Å²) in [7, 11) is -3.68. The third-order valence-corrected chi connectivity index (χ3v) is 6.68. The summed E-state index contributed by atoms with van der Waals surface area (Å²) >= 11 is 6.19. The van der Waals surface area contributed by atoms with Crippen molar-refractivity contribution in [2.75, 3.05) is 6.54 Å². The van der Waals surface area contributed by atoms with Gasteiger partial charge in [-0.2, -0.15) is 4.31 Å². The zero-order chi connectivity index (χ0) is 14.5. The average molecular weight is 319 g/mol. The molecule has 3 rings (SSSR count). The van der Waals surface area contributed by atoms with Crippen molar-refractivity contribution in [1.29, 1.82) is 0 Å². The standard InChI is InChI=1S/C13H19ClN2O3S/c1-3-10-8(2)6-7-16(10)20(17,18)13-11(14)12(15-19-13)9-4-5-9/h8-10H,3-7H2,1-2H3. The van der Waals surface area contributed by atoms with E-state index in [1.807, 2.05) is 6.92 Å². The summed E-state index contributed by atoms with van der Waals surface area (Å²) in [5, 5.41) is 3.88. The number of sulfonamides is 1. The SMILES string of the molecule is CCC1C(C)CCN1S(=O)(=O)c1onc(C2CC2)c1Cl. The highest BCUT2D eigenvalue weighted by Gasteiger charge is 2.43. The van der Waals surface area contributed by atoms with Crippen LogP contribution in [0.25, 0.3) is 0 Å². The number of hydrogen-bond donors (Lipinski definition) is 0. The van der Waals surface area contributed by atoms with Crippen molar-refractivity contribution in [3.8, 4) is 0 Å². The first-order valence-electron chi connectivity index (χ1n) is 7.13. The molecule has 0 bridgehead atoms. The molecule has 20 heavy (non-hydrogen) atoms. The Morgan fingerprint density at radius 3 is 2.70 bits per heavy atom. The van der Waals surface area contributed by atoms with Gasteiger partial charge in [0.2, 0.25) is 0 Å². The molecule has 1 aromatic heterocycles. The molecule has 112 valence electrons. The van der Waals surface area contributed by atoms with Gasteiger partial charge in [-0.05, 0) is 31.6 Å². The van der Waals surface area contributed by atoms with Crippen LogP contribution in [-0.2, 0) is 10.0 Å². The van der Waals surface area contributed by atoms with Gasteiger partial charge in [-0.25, -0.2) is 8.42 Å². The molecular formula is C13H19ClN2O3S. The van der Waals surface area contributed by atoms with Gasteiger partial charge in [-0.15, -0.1) is 0 Å². The van der Waals surface area contributed by atoms with E-state index in [1.54, 1.807) is 0 Å². The second-order valence-electron chi connectivity index (χ2n) is 5.80. The Hall–Kier alpha value is -0.590. The Bertz CT molecular complexity index is 609. The molecule has 0 radical (unpaired) electrons. The largest absolute Gasteiger partial charge is 0.341 e. The fourth-order valence-electron chi connectivity index (χ4n) is 3.03. The van der Waals surface area contributed by atoms with Crippen LogP contribution >= 0.6 is 11.6 Å². The van der Waals surface area contributed by atoms with Crippen LogP contribution in [0.15, 0.2) is 9.62 Å². The number of aromatic nitrogens is 1. The first-order valence-corrected chi connectivity index (χ1v) is 8.95. The van der Waals surface area contributed by atoms with Crippen molar-refractivity contribution < 1.29 is 12.9 Å². The Morgan fingerprint density at radius 2 is 2.10 bits per heavy atom. The Labute approximate surface area is 124 Å². The van der Waals surface area contributed by atoms with Crippen molar-refractivity contribution in [2.24, 2.45) is 5.92 Å². The van der Waals surface area contributed by atoms with E-state index in [1.165, 1.54) is 4.31 Å². The normalized spacial score (nSPS) is 28.1. The molecule has 0 aromatic carbocycles. The van der Waals surface area contributed by atoms with E-state index >= 15 is 0 Å². The lowest BCUT2D eigenvalue weighted by Gasteiger charge is -2.23. The maximum atomic E-state index is 12.7. The third kappa shape index (κ3) is 2.18. The van der Waals surface area contributed by atoms with Gasteiger partial charge in [0, 0.05) is 18.5 Å². The van der Waals surface area contributed by atoms with Gasteiger partial charge in [0.15, 0.2) is 0 Å². The van der Waals surface area contributed by atoms with Crippen LogP contribution in [0.2, 0.25) is 5.02 Å². The molecule has 1 saturated carbocycles. The predicted molar refractivity (Wildman–Crippen MR) is 75.2 cm³/mol. The first-order chi connectivity index (χ1) is 9.46. The van der Waals surface area contributed by atoms with Crippen LogP contribution in [-0.4, -0.2) is 30.5 Å². The van der Waals surface area contributed by atoms with Crippen molar-refractivity contribution in [3.63, 3.8) is 0 Å². The molecule has 1 aliphatic carbocycles. The van der Waals surface area contributed by atoms with Gasteiger partial charge < -0.3 is 4.52 Å². The number of rotatable bonds is 4. The molecule has 1 aromatic rings. The molecule has 7 heteroatoms. The van der Waals surface area contributed by atoms with Crippen LogP contribution in [0.3, 0.4) is 0 Å². The van der Waals surface area contributed by atoms with E-state index in [4.69, 9.17) is 16.1 Å². The lowest BCUT2D eigenvalue weighted by Crippen LogP contribution is -2.37. The van der Waals surface area contributed by atoms with Crippen LogP contribution in [0, 0.1) is 5.92 Å². The van der Waals surface area contributed by atoms with Gasteiger partial charge in [0.25, 0.3) is 15.1 Å². The maximum absolute atomic E-state index is 12.7. The van der Waals surface area contributed by atoms with Crippen LogP contribution in [0.1, 0.15) is 51.1 Å². The van der Waals surface area contributed by atoms with Crippen LogP contribution in [0.4, 0.5) is 0 Å². The summed E-state index contributed by atoms with van der Waals surface area (Å²) in [5.41, 5.74) is 0.602. The molecule has 0 spiro atoms. The van der Waals surface area contributed by atoms with Crippen LogP contribution in [0.5, 0.6) is 0 Å². The highest BCUT2D eigenvalue weighted by Crippen LogP contribution is 2.45. The monoisotopic (exact) mass is 318 g/mol. The molecule has 2 atom stereocenters. The Morgan fingerprint density at radius 1 is 1.40 bits per heavy atom. The minimum atomic E-state index is -3.68. The van der Waals surface area contributed by atoms with E-state index in [9.17, 15) is 8.42 Å². The minimum Gasteiger partial charge on any atom is -0.341 e. The van der Waals surface area contributed by atoms with Gasteiger partial charge in [0.05, 0.1) is 0 Å². The first kappa shape index (κ1) is 14.4. The molecule has 5 nitrogen and oxygen atoms in total. The van der Waals surface area contributed by atoms with Crippen molar-refractivity contribution in [2.45, 2.75) is 56.6 Å². The van der Waals surface area contributed by atoms with Gasteiger partial charge >= 0.3 is 0 Å². The van der Waals surface area contributed by atoms with E-state index < -0.39 is 10.0 Å². The summed E-state index contributed by atoms with van der Waals surface area (Å²) in [6.45, 7) is 4.62. The van der Waals surface area contributed by atoms with Gasteiger partial charge in [0.1, 0.15) is 10.7 Å². The number of nitrogens with zero attached hydrogens (tertiary/aromatic N) is 2. The summed E-state index contributed by atoms with van der Waals surface area (Å²) in [6, 6.07) is 0.0190. The topological polar surface area (TPSA) is 63.4 Å². The second-order valence-corrected chi connectivity index (χ2v) is 7.97. The highest BCUT2D eigenvalue weighted by molar-refractivity contribution is 7.89. The van der Waals surface area contributed by atoms with E-state index in [-0.39, 0.29) is 22.1 Å². The Kier molecular flexibility index (Phi) is 3.59. The van der Waals surface area contributed by atoms with E-state index in [0.29, 0.717) is 18.2 Å². The van der Waals surface area contributed by atoms with Crippen molar-refractivity contribution in [3.05, 3.63) is 10.7 Å². The summed E-state index contributed by atoms with van der Waals surface area (Å²) < 4.78 is 32.1. The number of hydrogen-bond acceptors (Lipinski definition) is 4. The quantitative estimate of drug-likeness (QED) is 0.856. The zero-order valence-electron chi connectivity index (χ0n) is 11.7. The third-order valence-electron chi connectivity index (χ3n) is 4.39. The zero-order valence-corrected chi connectivity index (χ0v) is 13.2. The molecule has 2 fully saturated rings. The smallest absolute Gasteiger partial charge is 0.284 e. The van der Waals surface area contributed by atoms with Gasteiger partial charge in [-0.1, -0.05) is 30.6 Å².